The highest BCUT2D eigenvalue weighted by Crippen LogP contribution is 2.22. The lowest BCUT2D eigenvalue weighted by molar-refractivity contribution is 0.0996. The molecule has 0 aliphatic rings. The molecule has 17 heavy (non-hydrogen) atoms. The number of thiophene rings is 1. The molecule has 1 aromatic heterocycles. The summed E-state index contributed by atoms with van der Waals surface area (Å²) in [6.45, 7) is 1.89. The molecule has 2 aromatic rings. The lowest BCUT2D eigenvalue weighted by Crippen LogP contribution is -2.03. The Labute approximate surface area is 108 Å². The minimum atomic E-state index is -0.375. The van der Waals surface area contributed by atoms with Gasteiger partial charge in [0, 0.05) is 11.4 Å². The monoisotopic (exact) mass is 268 g/mol. The third kappa shape index (κ3) is 2.73. The molecule has 1 heterocycles. The van der Waals surface area contributed by atoms with Gasteiger partial charge in [-0.25, -0.2) is 4.39 Å². The third-order valence-electron chi connectivity index (χ3n) is 2.47. The quantitative estimate of drug-likeness (QED) is 0.760. The summed E-state index contributed by atoms with van der Waals surface area (Å²) in [4.78, 5) is 12.7. The molecule has 0 fully saturated rings. The van der Waals surface area contributed by atoms with Gasteiger partial charge in [0.1, 0.15) is 5.82 Å². The molecule has 0 amide bonds. The van der Waals surface area contributed by atoms with E-state index in [1.807, 2.05) is 18.4 Å². The molecule has 1 nitrogen and oxygen atoms in total. The molecule has 0 radical (unpaired) electrons. The zero-order chi connectivity index (χ0) is 12.4. The number of carbonyl (C=O) groups excluding carboxylic acids is 1. The van der Waals surface area contributed by atoms with Crippen LogP contribution in [0.5, 0.6) is 0 Å². The first-order valence-corrected chi connectivity index (χ1v) is 6.35. The lowest BCUT2D eigenvalue weighted by atomic mass is 10.1. The van der Waals surface area contributed by atoms with Gasteiger partial charge in [0.05, 0.1) is 4.88 Å². The molecule has 0 aliphatic heterocycles. The van der Waals surface area contributed by atoms with Gasteiger partial charge in [0.25, 0.3) is 0 Å². The number of rotatable bonds is 3. The smallest absolute Gasteiger partial charge is 0.177 e. The van der Waals surface area contributed by atoms with Gasteiger partial charge in [-0.2, -0.15) is 0 Å². The standard InChI is InChI=1S/C13H10ClFOS/c1-8-4-5-17-13(8)12(16)7-9-6-10(15)2-3-11(9)14/h2-6H,7H2,1H3. The summed E-state index contributed by atoms with van der Waals surface area (Å²) in [5.74, 6) is -0.398. The molecule has 0 saturated carbocycles. The van der Waals surface area contributed by atoms with Crippen molar-refractivity contribution in [1.29, 1.82) is 0 Å². The highest BCUT2D eigenvalue weighted by atomic mass is 35.5. The van der Waals surface area contributed by atoms with Crippen molar-refractivity contribution in [3.63, 3.8) is 0 Å². The molecular formula is C13H10ClFOS. The Kier molecular flexibility index (Phi) is 3.60. The van der Waals surface area contributed by atoms with E-state index in [1.54, 1.807) is 0 Å². The fourth-order valence-corrected chi connectivity index (χ4v) is 2.64. The van der Waals surface area contributed by atoms with Crippen LogP contribution in [0.25, 0.3) is 0 Å². The third-order valence-corrected chi connectivity index (χ3v) is 3.90. The van der Waals surface area contributed by atoms with Crippen LogP contribution in [0.15, 0.2) is 29.6 Å². The Morgan fingerprint density at radius 3 is 2.82 bits per heavy atom. The number of benzene rings is 1. The average Bonchev–Trinajstić information content (AvgIpc) is 2.70. The number of halogens is 2. The zero-order valence-corrected chi connectivity index (χ0v) is 10.7. The molecule has 88 valence electrons. The number of hydrogen-bond donors (Lipinski definition) is 0. The second-order valence-electron chi connectivity index (χ2n) is 3.77. The van der Waals surface area contributed by atoms with E-state index in [0.29, 0.717) is 15.5 Å². The van der Waals surface area contributed by atoms with Crippen molar-refractivity contribution in [3.05, 3.63) is 56.5 Å². The highest BCUT2D eigenvalue weighted by molar-refractivity contribution is 7.12. The van der Waals surface area contributed by atoms with Crippen LogP contribution >= 0.6 is 22.9 Å². The summed E-state index contributed by atoms with van der Waals surface area (Å²) in [5, 5.41) is 2.30. The van der Waals surface area contributed by atoms with E-state index >= 15 is 0 Å². The van der Waals surface area contributed by atoms with Gasteiger partial charge in [-0.1, -0.05) is 11.6 Å². The molecule has 4 heteroatoms. The van der Waals surface area contributed by atoms with E-state index in [-0.39, 0.29) is 18.0 Å². The van der Waals surface area contributed by atoms with Crippen molar-refractivity contribution in [2.24, 2.45) is 0 Å². The predicted molar refractivity (Wildman–Crippen MR) is 68.5 cm³/mol. The molecular weight excluding hydrogens is 259 g/mol. The number of ketones is 1. The number of Topliss-reactive ketones (excluding diaryl/α,β-unsaturated/α-hetero) is 1. The van der Waals surface area contributed by atoms with Gasteiger partial charge in [0.15, 0.2) is 5.78 Å². The van der Waals surface area contributed by atoms with Gasteiger partial charge >= 0.3 is 0 Å². The fourth-order valence-electron chi connectivity index (χ4n) is 1.59. The van der Waals surface area contributed by atoms with Gasteiger partial charge in [0.2, 0.25) is 0 Å². The summed E-state index contributed by atoms with van der Waals surface area (Å²) < 4.78 is 13.1. The topological polar surface area (TPSA) is 17.1 Å². The fraction of sp³-hybridized carbons (Fsp3) is 0.154. The molecule has 0 spiro atoms. The molecule has 0 saturated heterocycles. The Bertz CT molecular complexity index is 562. The van der Waals surface area contributed by atoms with Crippen LogP contribution in [-0.4, -0.2) is 5.78 Å². The maximum atomic E-state index is 13.1. The molecule has 0 unspecified atom stereocenters. The van der Waals surface area contributed by atoms with Crippen LogP contribution in [0.2, 0.25) is 5.02 Å². The Hall–Kier alpha value is -1.19. The van der Waals surface area contributed by atoms with Crippen LogP contribution in [0.4, 0.5) is 4.39 Å². The van der Waals surface area contributed by atoms with E-state index in [2.05, 4.69) is 0 Å². The minimum absolute atomic E-state index is 0.0231. The lowest BCUT2D eigenvalue weighted by Gasteiger charge is -2.03. The number of carbonyl (C=O) groups is 1. The SMILES string of the molecule is Cc1ccsc1C(=O)Cc1cc(F)ccc1Cl. The Balaban J connectivity index is 2.24. The van der Waals surface area contributed by atoms with Crippen LogP contribution in [0, 0.1) is 12.7 Å². The van der Waals surface area contributed by atoms with Gasteiger partial charge in [-0.15, -0.1) is 11.3 Å². The van der Waals surface area contributed by atoms with Crippen molar-refractivity contribution >= 4 is 28.7 Å². The Morgan fingerprint density at radius 2 is 2.18 bits per heavy atom. The molecule has 2 rings (SSSR count). The van der Waals surface area contributed by atoms with Crippen molar-refractivity contribution in [1.82, 2.24) is 0 Å². The Morgan fingerprint density at radius 1 is 1.41 bits per heavy atom. The highest BCUT2D eigenvalue weighted by Gasteiger charge is 2.13. The number of hydrogen-bond acceptors (Lipinski definition) is 2. The summed E-state index contributed by atoms with van der Waals surface area (Å²) in [7, 11) is 0. The predicted octanol–water partition coefficient (Wildman–Crippen LogP) is 4.27. The summed E-state index contributed by atoms with van der Waals surface area (Å²) in [5.41, 5.74) is 1.48. The first-order chi connectivity index (χ1) is 8.08. The van der Waals surface area contributed by atoms with E-state index in [1.165, 1.54) is 29.5 Å². The van der Waals surface area contributed by atoms with Crippen molar-refractivity contribution in [2.45, 2.75) is 13.3 Å². The zero-order valence-electron chi connectivity index (χ0n) is 9.17. The molecule has 1 aromatic carbocycles. The maximum Gasteiger partial charge on any atom is 0.177 e. The average molecular weight is 269 g/mol. The second kappa shape index (κ2) is 4.98. The second-order valence-corrected chi connectivity index (χ2v) is 5.09. The molecule has 0 bridgehead atoms. The minimum Gasteiger partial charge on any atom is -0.293 e. The van der Waals surface area contributed by atoms with Crippen LogP contribution in [-0.2, 0) is 6.42 Å². The maximum absolute atomic E-state index is 13.1. The van der Waals surface area contributed by atoms with Crippen molar-refractivity contribution in [3.8, 4) is 0 Å². The van der Waals surface area contributed by atoms with Gasteiger partial charge in [-0.05, 0) is 47.7 Å². The normalized spacial score (nSPS) is 10.5. The van der Waals surface area contributed by atoms with Crippen LogP contribution < -0.4 is 0 Å². The number of aryl methyl sites for hydroxylation is 1. The summed E-state index contributed by atoms with van der Waals surface area (Å²) >= 11 is 7.33. The van der Waals surface area contributed by atoms with E-state index in [4.69, 9.17) is 11.6 Å². The van der Waals surface area contributed by atoms with Gasteiger partial charge in [-0.3, -0.25) is 4.79 Å². The van der Waals surface area contributed by atoms with Crippen LogP contribution in [0.1, 0.15) is 20.8 Å². The van der Waals surface area contributed by atoms with Crippen molar-refractivity contribution < 1.29 is 9.18 Å². The summed E-state index contributed by atoms with van der Waals surface area (Å²) in [6, 6.07) is 5.96. The molecule has 0 N–H and O–H groups in total. The van der Waals surface area contributed by atoms with E-state index in [0.717, 1.165) is 5.56 Å². The van der Waals surface area contributed by atoms with Crippen LogP contribution in [0.3, 0.4) is 0 Å². The van der Waals surface area contributed by atoms with Gasteiger partial charge < -0.3 is 0 Å². The first kappa shape index (κ1) is 12.3. The van der Waals surface area contributed by atoms with E-state index in [9.17, 15) is 9.18 Å². The molecule has 0 aliphatic carbocycles. The summed E-state index contributed by atoms with van der Waals surface area (Å²) in [6.07, 6.45) is 0.137. The van der Waals surface area contributed by atoms with E-state index < -0.39 is 0 Å². The first-order valence-electron chi connectivity index (χ1n) is 5.09. The molecule has 0 atom stereocenters. The largest absolute Gasteiger partial charge is 0.293 e. The van der Waals surface area contributed by atoms with Crippen molar-refractivity contribution in [2.75, 3.05) is 0 Å².